The SMILES string of the molecule is CC(C)c1cccc(C(C)C)c1NC(=O)COC(=O)c1ccc(C(=O)c2ccccc2)cc1. The van der Waals surface area contributed by atoms with Crippen LogP contribution in [0.25, 0.3) is 0 Å². The maximum atomic E-state index is 12.6. The summed E-state index contributed by atoms with van der Waals surface area (Å²) in [6, 6.07) is 21.1. The molecule has 0 spiro atoms. The van der Waals surface area contributed by atoms with Crippen LogP contribution in [0, 0.1) is 0 Å². The Kier molecular flexibility index (Phi) is 7.78. The van der Waals surface area contributed by atoms with Crippen molar-refractivity contribution in [2.45, 2.75) is 39.5 Å². The fourth-order valence-electron chi connectivity index (χ4n) is 3.60. The maximum Gasteiger partial charge on any atom is 0.338 e. The molecule has 5 nitrogen and oxygen atoms in total. The number of amides is 1. The number of rotatable bonds is 8. The van der Waals surface area contributed by atoms with Gasteiger partial charge < -0.3 is 10.1 Å². The molecule has 0 unspecified atom stereocenters. The maximum absolute atomic E-state index is 12.6. The van der Waals surface area contributed by atoms with Crippen molar-refractivity contribution in [3.63, 3.8) is 0 Å². The summed E-state index contributed by atoms with van der Waals surface area (Å²) in [5.41, 5.74) is 4.19. The average molecular weight is 444 g/mol. The van der Waals surface area contributed by atoms with Gasteiger partial charge in [0.05, 0.1) is 5.56 Å². The van der Waals surface area contributed by atoms with Gasteiger partial charge in [-0.25, -0.2) is 4.79 Å². The van der Waals surface area contributed by atoms with E-state index in [1.54, 1.807) is 36.4 Å². The van der Waals surface area contributed by atoms with Crippen LogP contribution in [0.2, 0.25) is 0 Å². The highest BCUT2D eigenvalue weighted by Gasteiger charge is 2.17. The normalized spacial score (nSPS) is 10.8. The van der Waals surface area contributed by atoms with E-state index in [0.29, 0.717) is 11.1 Å². The van der Waals surface area contributed by atoms with Gasteiger partial charge in [-0.15, -0.1) is 0 Å². The first-order valence-electron chi connectivity index (χ1n) is 11.1. The molecule has 170 valence electrons. The molecule has 0 aliphatic heterocycles. The van der Waals surface area contributed by atoms with E-state index in [0.717, 1.165) is 16.8 Å². The summed E-state index contributed by atoms with van der Waals surface area (Å²) in [6.07, 6.45) is 0. The number of anilines is 1. The lowest BCUT2D eigenvalue weighted by atomic mass is 9.92. The summed E-state index contributed by atoms with van der Waals surface area (Å²) in [5, 5.41) is 2.93. The second-order valence-electron chi connectivity index (χ2n) is 8.52. The zero-order chi connectivity index (χ0) is 24.0. The molecule has 0 aliphatic rings. The van der Waals surface area contributed by atoms with Gasteiger partial charge >= 0.3 is 5.97 Å². The van der Waals surface area contributed by atoms with Gasteiger partial charge in [0.1, 0.15) is 0 Å². The monoisotopic (exact) mass is 443 g/mol. The van der Waals surface area contributed by atoms with E-state index in [-0.39, 0.29) is 23.2 Å². The molecule has 3 aromatic carbocycles. The Morgan fingerprint density at radius 3 is 1.76 bits per heavy atom. The third-order valence-corrected chi connectivity index (χ3v) is 5.39. The van der Waals surface area contributed by atoms with Gasteiger partial charge in [0.25, 0.3) is 5.91 Å². The number of ketones is 1. The molecule has 0 aromatic heterocycles. The van der Waals surface area contributed by atoms with Crippen molar-refractivity contribution in [1.82, 2.24) is 0 Å². The zero-order valence-electron chi connectivity index (χ0n) is 19.4. The topological polar surface area (TPSA) is 72.5 Å². The summed E-state index contributed by atoms with van der Waals surface area (Å²) in [6.45, 7) is 7.89. The number of benzene rings is 3. The first kappa shape index (κ1) is 23.9. The smallest absolute Gasteiger partial charge is 0.338 e. The minimum absolute atomic E-state index is 0.125. The van der Waals surface area contributed by atoms with Crippen LogP contribution >= 0.6 is 0 Å². The highest BCUT2D eigenvalue weighted by Crippen LogP contribution is 2.32. The Bertz CT molecular complexity index is 1110. The standard InChI is InChI=1S/C28H29NO4/c1-18(2)23-11-8-12-24(19(3)4)26(23)29-25(30)17-33-28(32)22-15-13-21(14-16-22)27(31)20-9-6-5-7-10-20/h5-16,18-19H,17H2,1-4H3,(H,29,30). The largest absolute Gasteiger partial charge is 0.452 e. The fourth-order valence-corrected chi connectivity index (χ4v) is 3.60. The summed E-state index contributed by atoms with van der Waals surface area (Å²) in [4.78, 5) is 37.5. The lowest BCUT2D eigenvalue weighted by Crippen LogP contribution is -2.22. The molecule has 33 heavy (non-hydrogen) atoms. The van der Waals surface area contributed by atoms with Crippen LogP contribution in [0.4, 0.5) is 5.69 Å². The van der Waals surface area contributed by atoms with E-state index in [4.69, 9.17) is 4.74 Å². The third kappa shape index (κ3) is 5.95. The Morgan fingerprint density at radius 1 is 0.697 bits per heavy atom. The van der Waals surface area contributed by atoms with Crippen LogP contribution in [0.1, 0.15) is 76.9 Å². The van der Waals surface area contributed by atoms with Crippen LogP contribution in [-0.2, 0) is 9.53 Å². The average Bonchev–Trinajstić information content (AvgIpc) is 2.82. The molecule has 1 amide bonds. The first-order valence-corrected chi connectivity index (χ1v) is 11.1. The quantitative estimate of drug-likeness (QED) is 0.344. The number of hydrogen-bond donors (Lipinski definition) is 1. The van der Waals surface area contributed by atoms with E-state index in [9.17, 15) is 14.4 Å². The molecule has 0 aliphatic carbocycles. The van der Waals surface area contributed by atoms with Gasteiger partial charge in [-0.2, -0.15) is 0 Å². The molecule has 1 N–H and O–H groups in total. The van der Waals surface area contributed by atoms with Crippen molar-refractivity contribution in [2.75, 3.05) is 11.9 Å². The van der Waals surface area contributed by atoms with Crippen LogP contribution < -0.4 is 5.32 Å². The lowest BCUT2D eigenvalue weighted by molar-refractivity contribution is -0.119. The molecular formula is C28H29NO4. The molecule has 0 saturated carbocycles. The predicted molar refractivity (Wildman–Crippen MR) is 130 cm³/mol. The Morgan fingerprint density at radius 2 is 1.21 bits per heavy atom. The molecule has 0 saturated heterocycles. The molecule has 5 heteroatoms. The molecule has 0 radical (unpaired) electrons. The van der Waals surface area contributed by atoms with Gasteiger partial charge in [-0.05, 0) is 35.1 Å². The number of esters is 1. The van der Waals surface area contributed by atoms with Gasteiger partial charge in [-0.1, -0.05) is 88.4 Å². The van der Waals surface area contributed by atoms with E-state index in [2.05, 4.69) is 33.0 Å². The van der Waals surface area contributed by atoms with Crippen molar-refractivity contribution in [2.24, 2.45) is 0 Å². The van der Waals surface area contributed by atoms with Crippen molar-refractivity contribution in [1.29, 1.82) is 0 Å². The van der Waals surface area contributed by atoms with Crippen LogP contribution in [0.5, 0.6) is 0 Å². The minimum atomic E-state index is -0.620. The van der Waals surface area contributed by atoms with Gasteiger partial charge in [0.15, 0.2) is 12.4 Å². The van der Waals surface area contributed by atoms with E-state index < -0.39 is 18.5 Å². The molecule has 3 rings (SSSR count). The molecule has 3 aromatic rings. The second-order valence-corrected chi connectivity index (χ2v) is 8.52. The van der Waals surface area contributed by atoms with Crippen molar-refractivity contribution < 1.29 is 19.1 Å². The Balaban J connectivity index is 1.63. The molecule has 0 bridgehead atoms. The van der Waals surface area contributed by atoms with Crippen LogP contribution in [0.3, 0.4) is 0 Å². The third-order valence-electron chi connectivity index (χ3n) is 5.39. The van der Waals surface area contributed by atoms with Gasteiger partial charge in [0, 0.05) is 16.8 Å². The first-order chi connectivity index (χ1) is 15.8. The Labute approximate surface area is 194 Å². The summed E-state index contributed by atoms with van der Waals surface area (Å²) in [7, 11) is 0. The zero-order valence-corrected chi connectivity index (χ0v) is 19.4. The number of hydrogen-bond acceptors (Lipinski definition) is 4. The fraction of sp³-hybridized carbons (Fsp3) is 0.250. The summed E-state index contributed by atoms with van der Waals surface area (Å²) >= 11 is 0. The number of nitrogens with one attached hydrogen (secondary N) is 1. The van der Waals surface area contributed by atoms with Gasteiger partial charge in [0.2, 0.25) is 0 Å². The minimum Gasteiger partial charge on any atom is -0.452 e. The molecular weight excluding hydrogens is 414 g/mol. The second kappa shape index (κ2) is 10.7. The number of ether oxygens (including phenoxy) is 1. The van der Waals surface area contributed by atoms with Crippen LogP contribution in [-0.4, -0.2) is 24.3 Å². The molecule has 0 heterocycles. The lowest BCUT2D eigenvalue weighted by Gasteiger charge is -2.20. The highest BCUT2D eigenvalue weighted by atomic mass is 16.5. The summed E-state index contributed by atoms with van der Waals surface area (Å²) in [5.74, 6) is -0.670. The highest BCUT2D eigenvalue weighted by molar-refractivity contribution is 6.09. The number of carbonyl (C=O) groups is 3. The molecule has 0 fully saturated rings. The number of para-hydroxylation sites is 1. The summed E-state index contributed by atoms with van der Waals surface area (Å²) < 4.78 is 5.21. The van der Waals surface area contributed by atoms with Crippen LogP contribution in [0.15, 0.2) is 72.8 Å². The van der Waals surface area contributed by atoms with Gasteiger partial charge in [-0.3, -0.25) is 9.59 Å². The van der Waals surface area contributed by atoms with Crippen molar-refractivity contribution >= 4 is 23.3 Å². The predicted octanol–water partition coefficient (Wildman–Crippen LogP) is 5.96. The number of carbonyl (C=O) groups excluding carboxylic acids is 3. The van der Waals surface area contributed by atoms with Crippen molar-refractivity contribution in [3.05, 3.63) is 101 Å². The Hall–Kier alpha value is -3.73. The van der Waals surface area contributed by atoms with E-state index in [1.165, 1.54) is 12.1 Å². The van der Waals surface area contributed by atoms with E-state index >= 15 is 0 Å². The van der Waals surface area contributed by atoms with Crippen molar-refractivity contribution in [3.8, 4) is 0 Å². The van der Waals surface area contributed by atoms with E-state index in [1.807, 2.05) is 24.3 Å². The molecule has 0 atom stereocenters.